The molecule has 0 unspecified atom stereocenters. The number of amides is 2. The fourth-order valence-corrected chi connectivity index (χ4v) is 5.73. The van der Waals surface area contributed by atoms with Crippen molar-refractivity contribution in [2.75, 3.05) is 59.5 Å². The van der Waals surface area contributed by atoms with Crippen molar-refractivity contribution in [3.63, 3.8) is 0 Å². The molecule has 1 N–H and O–H groups in total. The van der Waals surface area contributed by atoms with Gasteiger partial charge in [-0.1, -0.05) is 44.2 Å². The van der Waals surface area contributed by atoms with Crippen molar-refractivity contribution in [2.45, 2.75) is 65.0 Å². The average molecular weight is 628 g/mol. The number of likely N-dealkylation sites (N-methyl/N-ethyl adjacent to an activating group) is 1. The smallest absolute Gasteiger partial charge is 0.410 e. The zero-order chi connectivity index (χ0) is 32.3. The van der Waals surface area contributed by atoms with Crippen molar-refractivity contribution in [3.05, 3.63) is 53.1 Å². The van der Waals surface area contributed by atoms with E-state index in [1.807, 2.05) is 70.3 Å². The van der Waals surface area contributed by atoms with Crippen LogP contribution in [0, 0.1) is 11.8 Å². The molecule has 3 aliphatic rings. The summed E-state index contributed by atoms with van der Waals surface area (Å²) in [4.78, 5) is 43.9. The maximum atomic E-state index is 13.0. The predicted octanol–water partition coefficient (Wildman–Crippen LogP) is 4.10. The number of ether oxygens (including phenoxy) is 4. The first-order valence-electron chi connectivity index (χ1n) is 16.1. The normalized spacial score (nSPS) is 28.3. The van der Waals surface area contributed by atoms with E-state index < -0.39 is 24.3 Å². The Labute approximate surface area is 266 Å². The fourth-order valence-electron chi connectivity index (χ4n) is 5.73. The van der Waals surface area contributed by atoms with Crippen LogP contribution in [0.3, 0.4) is 0 Å². The number of aliphatic hydroxyl groups excluding tert-OH is 1. The molecular weight excluding hydrogens is 578 g/mol. The van der Waals surface area contributed by atoms with Crippen molar-refractivity contribution < 1.29 is 38.4 Å². The number of carbonyl (C=O) groups is 3. The number of nitrogens with zero attached hydrogens (tertiary/aromatic N) is 3. The molecular formula is C34H49N3O8. The van der Waals surface area contributed by atoms with E-state index >= 15 is 0 Å². The Kier molecular flexibility index (Phi) is 12.8. The number of hydrogen-bond acceptors (Lipinski definition) is 9. The molecule has 2 saturated heterocycles. The van der Waals surface area contributed by atoms with Gasteiger partial charge in [0, 0.05) is 45.2 Å². The van der Waals surface area contributed by atoms with E-state index in [1.165, 1.54) is 0 Å². The molecule has 1 aromatic carbocycles. The van der Waals surface area contributed by atoms with Crippen LogP contribution in [-0.4, -0.2) is 116 Å². The highest BCUT2D eigenvalue weighted by molar-refractivity contribution is 5.71. The number of esters is 1. The summed E-state index contributed by atoms with van der Waals surface area (Å²) in [5.74, 6) is -0.753. The quantitative estimate of drug-likeness (QED) is 0.293. The van der Waals surface area contributed by atoms with Gasteiger partial charge in [-0.05, 0) is 61.6 Å². The second-order valence-electron chi connectivity index (χ2n) is 12.5. The van der Waals surface area contributed by atoms with Crippen molar-refractivity contribution in [1.29, 1.82) is 0 Å². The minimum atomic E-state index is -0.852. The van der Waals surface area contributed by atoms with Crippen molar-refractivity contribution in [3.8, 4) is 0 Å². The molecule has 3 heterocycles. The number of benzene rings is 1. The van der Waals surface area contributed by atoms with Gasteiger partial charge in [-0.3, -0.25) is 4.79 Å². The molecule has 5 atom stereocenters. The number of cyclic esters (lactones) is 1. The van der Waals surface area contributed by atoms with Gasteiger partial charge in [0.1, 0.15) is 18.8 Å². The Balaban J connectivity index is 1.47. The topological polar surface area (TPSA) is 118 Å². The zero-order valence-corrected chi connectivity index (χ0v) is 27.1. The zero-order valence-electron chi connectivity index (χ0n) is 27.1. The Morgan fingerprint density at radius 1 is 1.00 bits per heavy atom. The predicted molar refractivity (Wildman–Crippen MR) is 169 cm³/mol. The Bertz CT molecular complexity index is 1210. The molecule has 248 valence electrons. The summed E-state index contributed by atoms with van der Waals surface area (Å²) in [5.41, 5.74) is 2.52. The Morgan fingerprint density at radius 3 is 2.44 bits per heavy atom. The van der Waals surface area contributed by atoms with Gasteiger partial charge in [-0.15, -0.1) is 0 Å². The van der Waals surface area contributed by atoms with E-state index in [9.17, 15) is 19.5 Å². The lowest BCUT2D eigenvalue weighted by Gasteiger charge is -2.33. The summed E-state index contributed by atoms with van der Waals surface area (Å²) in [5, 5.41) is 10.6. The number of aliphatic hydroxyl groups is 1. The third-order valence-electron chi connectivity index (χ3n) is 8.68. The minimum absolute atomic E-state index is 0.0508. The summed E-state index contributed by atoms with van der Waals surface area (Å²) in [6, 6.07) is 7.66. The molecule has 0 bridgehead atoms. The summed E-state index contributed by atoms with van der Waals surface area (Å²) in [6.45, 7) is 10.9. The fraction of sp³-hybridized carbons (Fsp3) is 0.618. The van der Waals surface area contributed by atoms with Crippen LogP contribution in [0.4, 0.5) is 9.59 Å². The van der Waals surface area contributed by atoms with Crippen LogP contribution in [0.5, 0.6) is 0 Å². The average Bonchev–Trinajstić information content (AvgIpc) is 3.03. The van der Waals surface area contributed by atoms with Gasteiger partial charge in [0.15, 0.2) is 0 Å². The molecule has 0 saturated carbocycles. The van der Waals surface area contributed by atoms with E-state index in [2.05, 4.69) is 4.90 Å². The van der Waals surface area contributed by atoms with Gasteiger partial charge < -0.3 is 38.8 Å². The third kappa shape index (κ3) is 10.6. The van der Waals surface area contributed by atoms with E-state index in [1.54, 1.807) is 9.80 Å². The third-order valence-corrected chi connectivity index (χ3v) is 8.68. The Hall–Kier alpha value is -3.41. The summed E-state index contributed by atoms with van der Waals surface area (Å²) in [7, 11) is 2.04. The highest BCUT2D eigenvalue weighted by Crippen LogP contribution is 2.26. The lowest BCUT2D eigenvalue weighted by atomic mass is 9.91. The monoisotopic (exact) mass is 627 g/mol. The first kappa shape index (κ1) is 34.5. The van der Waals surface area contributed by atoms with E-state index in [-0.39, 0.29) is 37.0 Å². The summed E-state index contributed by atoms with van der Waals surface area (Å²) >= 11 is 0. The van der Waals surface area contributed by atoms with E-state index in [0.717, 1.165) is 29.8 Å². The maximum Gasteiger partial charge on any atom is 0.410 e. The molecule has 4 rings (SSSR count). The molecule has 1 aromatic rings. The minimum Gasteiger partial charge on any atom is -0.457 e. The number of piperazine rings is 1. The van der Waals surface area contributed by atoms with Crippen LogP contribution in [0.2, 0.25) is 0 Å². The van der Waals surface area contributed by atoms with Crippen molar-refractivity contribution >= 4 is 24.2 Å². The van der Waals surface area contributed by atoms with Gasteiger partial charge in [-0.25, -0.2) is 9.59 Å². The molecule has 0 radical (unpaired) electrons. The van der Waals surface area contributed by atoms with Crippen LogP contribution < -0.4 is 0 Å². The van der Waals surface area contributed by atoms with Gasteiger partial charge >= 0.3 is 18.2 Å². The largest absolute Gasteiger partial charge is 0.457 e. The number of carbonyl (C=O) groups excluding carboxylic acids is 3. The number of hydrogen-bond donors (Lipinski definition) is 1. The summed E-state index contributed by atoms with van der Waals surface area (Å²) in [6.07, 6.45) is 4.04. The molecule has 11 nitrogen and oxygen atoms in total. The van der Waals surface area contributed by atoms with Gasteiger partial charge in [0.05, 0.1) is 25.7 Å². The highest BCUT2D eigenvalue weighted by atomic mass is 16.6. The molecule has 3 aliphatic heterocycles. The molecule has 2 fully saturated rings. The van der Waals surface area contributed by atoms with Crippen LogP contribution in [0.25, 0.3) is 6.08 Å². The lowest BCUT2D eigenvalue weighted by molar-refractivity contribution is -0.151. The van der Waals surface area contributed by atoms with Gasteiger partial charge in [0.2, 0.25) is 0 Å². The highest BCUT2D eigenvalue weighted by Gasteiger charge is 2.29. The SMILES string of the molecule is C/C(=C\c1cccc(COC(=O)N2CCOCC2)c1)[C@H]1OC(=O)C[C@H](O)CC[C@H](C)[C@H](OC(=O)N2CCN(C)CC2)/C=C/[C@@H]1C. The standard InChI is InChI=1S/C34H49N3O8/c1-24-8-10-29(38)22-31(39)45-32(25(2)9-11-30(24)44-34(41)36-14-12-35(4)13-15-36)26(3)20-27-6-5-7-28(21-27)23-43-33(40)37-16-18-42-19-17-37/h5-7,9,11,20-21,24-25,29-30,32,38H,8,10,12-19,22-23H2,1-4H3/b11-9+,26-20+/t24-,25-,29+,30+,32-/m0/s1. The summed E-state index contributed by atoms with van der Waals surface area (Å²) < 4.78 is 22.8. The second kappa shape index (κ2) is 16.8. The van der Waals surface area contributed by atoms with E-state index in [4.69, 9.17) is 18.9 Å². The molecule has 45 heavy (non-hydrogen) atoms. The van der Waals surface area contributed by atoms with E-state index in [0.29, 0.717) is 52.2 Å². The molecule has 0 aromatic heterocycles. The maximum absolute atomic E-state index is 13.0. The first-order chi connectivity index (χ1) is 21.6. The molecule has 0 aliphatic carbocycles. The second-order valence-corrected chi connectivity index (χ2v) is 12.5. The number of rotatable bonds is 5. The van der Waals surface area contributed by atoms with Crippen LogP contribution in [-0.2, 0) is 30.3 Å². The number of morpholine rings is 1. The molecule has 11 heteroatoms. The first-order valence-corrected chi connectivity index (χ1v) is 16.1. The van der Waals surface area contributed by atoms with Crippen LogP contribution in [0.15, 0.2) is 42.0 Å². The lowest BCUT2D eigenvalue weighted by Crippen LogP contribution is -2.48. The van der Waals surface area contributed by atoms with Gasteiger partial charge in [-0.2, -0.15) is 0 Å². The molecule has 2 amide bonds. The van der Waals surface area contributed by atoms with Crippen LogP contribution in [0.1, 0.15) is 51.2 Å². The van der Waals surface area contributed by atoms with Crippen LogP contribution >= 0.6 is 0 Å². The van der Waals surface area contributed by atoms with Crippen molar-refractivity contribution in [1.82, 2.24) is 14.7 Å². The van der Waals surface area contributed by atoms with Crippen molar-refractivity contribution in [2.24, 2.45) is 11.8 Å². The van der Waals surface area contributed by atoms with Gasteiger partial charge in [0.25, 0.3) is 0 Å². The molecule has 0 spiro atoms. The Morgan fingerprint density at radius 2 is 1.71 bits per heavy atom.